The third-order valence-corrected chi connectivity index (χ3v) is 5.02. The summed E-state index contributed by atoms with van der Waals surface area (Å²) < 4.78 is 6.57. The Hall–Kier alpha value is -3.40. The number of hydrogen-bond acceptors (Lipinski definition) is 6. The molecule has 0 aromatic carbocycles. The van der Waals surface area contributed by atoms with Crippen molar-refractivity contribution in [2.75, 3.05) is 19.6 Å². The molecule has 3 N–H and O–H groups in total. The molecule has 1 amide bonds. The first kappa shape index (κ1) is 21.3. The summed E-state index contributed by atoms with van der Waals surface area (Å²) >= 11 is 0. The number of likely N-dealkylation sites (tertiary alicyclic amines) is 1. The summed E-state index contributed by atoms with van der Waals surface area (Å²) in [6.45, 7) is 4.83. The van der Waals surface area contributed by atoms with E-state index in [0.717, 1.165) is 37.3 Å². The second kappa shape index (κ2) is 9.88. The van der Waals surface area contributed by atoms with Crippen LogP contribution in [0.25, 0.3) is 5.65 Å². The first-order valence-corrected chi connectivity index (χ1v) is 9.70. The number of furan rings is 1. The Morgan fingerprint density at radius 1 is 1.40 bits per heavy atom. The molecule has 0 unspecified atom stereocenters. The summed E-state index contributed by atoms with van der Waals surface area (Å²) in [5.41, 5.74) is 2.28. The highest BCUT2D eigenvalue weighted by atomic mass is 16.3. The molecule has 0 atom stereocenters. The van der Waals surface area contributed by atoms with Gasteiger partial charge in [-0.25, -0.2) is 9.50 Å². The highest BCUT2D eigenvalue weighted by molar-refractivity contribution is 5.91. The van der Waals surface area contributed by atoms with Crippen LogP contribution < -0.4 is 10.9 Å². The number of carbonyl (C=O) groups excluding carboxylic acids is 1. The number of aryl methyl sites for hydroxylation is 1. The van der Waals surface area contributed by atoms with Gasteiger partial charge < -0.3 is 14.8 Å². The molecule has 0 bridgehead atoms. The summed E-state index contributed by atoms with van der Waals surface area (Å²) in [6, 6.07) is 6.84. The number of H-pyrrole nitrogens is 1. The van der Waals surface area contributed by atoms with E-state index in [1.807, 2.05) is 13.0 Å². The van der Waals surface area contributed by atoms with E-state index in [1.54, 1.807) is 18.2 Å². The van der Waals surface area contributed by atoms with E-state index in [4.69, 9.17) is 14.3 Å². The first-order valence-electron chi connectivity index (χ1n) is 9.70. The molecule has 1 aliphatic rings. The molecule has 0 radical (unpaired) electrons. The lowest BCUT2D eigenvalue weighted by Gasteiger charge is -2.31. The zero-order chi connectivity index (χ0) is 21.5. The van der Waals surface area contributed by atoms with Crippen LogP contribution in [0.5, 0.6) is 0 Å². The lowest BCUT2D eigenvalue weighted by atomic mass is 9.96. The van der Waals surface area contributed by atoms with Crippen LogP contribution in [0.4, 0.5) is 0 Å². The molecule has 0 aliphatic carbocycles. The minimum atomic E-state index is -0.250. The van der Waals surface area contributed by atoms with Crippen LogP contribution in [0.15, 0.2) is 39.7 Å². The lowest BCUT2D eigenvalue weighted by molar-refractivity contribution is -0.122. The van der Waals surface area contributed by atoms with Gasteiger partial charge in [0, 0.05) is 30.9 Å². The predicted octanol–water partition coefficient (Wildman–Crippen LogP) is 1.27. The zero-order valence-corrected chi connectivity index (χ0v) is 16.7. The van der Waals surface area contributed by atoms with Crippen LogP contribution in [0, 0.1) is 12.8 Å². The van der Waals surface area contributed by atoms with E-state index in [1.165, 1.54) is 10.8 Å². The lowest BCUT2D eigenvalue weighted by Crippen LogP contribution is -2.38. The maximum Gasteiger partial charge on any atom is 0.290 e. The standard InChI is InChI=1S/C19H23N5O3.CH2O2/c1-13-9-17-21-15(10-18(25)24(17)22-13)12-23-6-4-14(5-7-23)11-20-19(26)16-3-2-8-27-16;2-1-3/h2-3,8-10,14,22H,4-7,11-12H2,1H3,(H,20,26);1H,(H,2,3). The van der Waals surface area contributed by atoms with Gasteiger partial charge in [-0.2, -0.15) is 0 Å². The molecule has 30 heavy (non-hydrogen) atoms. The molecule has 0 spiro atoms. The van der Waals surface area contributed by atoms with E-state index < -0.39 is 0 Å². The van der Waals surface area contributed by atoms with Gasteiger partial charge in [0.15, 0.2) is 11.4 Å². The quantitative estimate of drug-likeness (QED) is 0.534. The minimum Gasteiger partial charge on any atom is -0.483 e. The number of carbonyl (C=O) groups is 2. The Kier molecular flexibility index (Phi) is 7.02. The average molecular weight is 415 g/mol. The smallest absolute Gasteiger partial charge is 0.290 e. The Bertz CT molecular complexity index is 1030. The van der Waals surface area contributed by atoms with Crippen molar-refractivity contribution < 1.29 is 19.1 Å². The summed E-state index contributed by atoms with van der Waals surface area (Å²) in [5, 5.41) is 12.8. The van der Waals surface area contributed by atoms with Crippen molar-refractivity contribution in [1.29, 1.82) is 0 Å². The Morgan fingerprint density at radius 2 is 2.13 bits per heavy atom. The Balaban J connectivity index is 0.000000806. The Morgan fingerprint density at radius 3 is 2.80 bits per heavy atom. The van der Waals surface area contributed by atoms with Gasteiger partial charge in [0.2, 0.25) is 0 Å². The predicted molar refractivity (Wildman–Crippen MR) is 108 cm³/mol. The molecular formula is C20H25N5O5. The number of carboxylic acid groups (broad SMARTS) is 1. The van der Waals surface area contributed by atoms with Gasteiger partial charge in [-0.15, -0.1) is 0 Å². The number of nitrogens with zero attached hydrogens (tertiary/aromatic N) is 3. The molecule has 1 fully saturated rings. The number of rotatable bonds is 5. The molecule has 4 rings (SSSR count). The van der Waals surface area contributed by atoms with Crippen LogP contribution in [0.3, 0.4) is 0 Å². The summed E-state index contributed by atoms with van der Waals surface area (Å²) in [5.74, 6) is 0.635. The van der Waals surface area contributed by atoms with Gasteiger partial charge in [-0.05, 0) is 50.9 Å². The topological polar surface area (TPSA) is 133 Å². The third kappa shape index (κ3) is 5.35. The van der Waals surface area contributed by atoms with Crippen molar-refractivity contribution in [3.8, 4) is 0 Å². The highest BCUT2D eigenvalue weighted by Gasteiger charge is 2.21. The second-order valence-electron chi connectivity index (χ2n) is 7.23. The van der Waals surface area contributed by atoms with Gasteiger partial charge in [0.05, 0.1) is 12.0 Å². The van der Waals surface area contributed by atoms with Crippen molar-refractivity contribution in [2.45, 2.75) is 26.3 Å². The zero-order valence-electron chi connectivity index (χ0n) is 16.7. The van der Waals surface area contributed by atoms with Crippen LogP contribution >= 0.6 is 0 Å². The molecule has 0 saturated carbocycles. The van der Waals surface area contributed by atoms with Crippen LogP contribution in [0.1, 0.15) is 34.8 Å². The SMILES string of the molecule is Cc1cc2nc(CN3CCC(CNC(=O)c4ccco4)CC3)cc(=O)n2[nH]1.O=CO. The molecule has 3 aromatic rings. The number of aromatic amines is 1. The normalized spacial score (nSPS) is 14.8. The molecule has 1 aliphatic heterocycles. The molecule has 3 aromatic heterocycles. The number of aromatic nitrogens is 3. The minimum absolute atomic E-state index is 0.0846. The maximum atomic E-state index is 12.2. The van der Waals surface area contributed by atoms with Crippen molar-refractivity contribution in [3.05, 3.63) is 58.0 Å². The van der Waals surface area contributed by atoms with Gasteiger partial charge in [-0.1, -0.05) is 0 Å². The molecule has 10 heteroatoms. The van der Waals surface area contributed by atoms with Crippen molar-refractivity contribution in [3.63, 3.8) is 0 Å². The molecule has 160 valence electrons. The number of fused-ring (bicyclic) bond motifs is 1. The number of hydrogen-bond donors (Lipinski definition) is 3. The van der Waals surface area contributed by atoms with E-state index in [2.05, 4.69) is 20.3 Å². The number of amides is 1. The van der Waals surface area contributed by atoms with Crippen molar-refractivity contribution in [1.82, 2.24) is 24.8 Å². The molecule has 10 nitrogen and oxygen atoms in total. The van der Waals surface area contributed by atoms with E-state index in [0.29, 0.717) is 30.4 Å². The molecule has 4 heterocycles. The number of nitrogens with one attached hydrogen (secondary N) is 2. The Labute approximate surface area is 172 Å². The second-order valence-corrected chi connectivity index (χ2v) is 7.23. The summed E-state index contributed by atoms with van der Waals surface area (Å²) in [7, 11) is 0. The fraction of sp³-hybridized carbons (Fsp3) is 0.400. The summed E-state index contributed by atoms with van der Waals surface area (Å²) in [4.78, 5) is 39.4. The van der Waals surface area contributed by atoms with Crippen molar-refractivity contribution >= 4 is 18.0 Å². The van der Waals surface area contributed by atoms with Gasteiger partial charge in [0.1, 0.15) is 0 Å². The average Bonchev–Trinajstić information content (AvgIpc) is 3.37. The van der Waals surface area contributed by atoms with Gasteiger partial charge in [0.25, 0.3) is 17.9 Å². The van der Waals surface area contributed by atoms with Crippen LogP contribution in [-0.4, -0.2) is 56.6 Å². The van der Waals surface area contributed by atoms with Gasteiger partial charge >= 0.3 is 0 Å². The van der Waals surface area contributed by atoms with E-state index in [9.17, 15) is 9.59 Å². The third-order valence-electron chi connectivity index (χ3n) is 5.02. The fourth-order valence-corrected chi connectivity index (χ4v) is 3.55. The van der Waals surface area contributed by atoms with Gasteiger partial charge in [-0.3, -0.25) is 24.4 Å². The molecular weight excluding hydrogens is 390 g/mol. The largest absolute Gasteiger partial charge is 0.483 e. The van der Waals surface area contributed by atoms with E-state index in [-0.39, 0.29) is 17.9 Å². The fourth-order valence-electron chi connectivity index (χ4n) is 3.55. The maximum absolute atomic E-state index is 12.2. The molecule has 1 saturated heterocycles. The van der Waals surface area contributed by atoms with Crippen LogP contribution in [-0.2, 0) is 11.3 Å². The highest BCUT2D eigenvalue weighted by Crippen LogP contribution is 2.18. The van der Waals surface area contributed by atoms with E-state index >= 15 is 0 Å². The van der Waals surface area contributed by atoms with Crippen LogP contribution in [0.2, 0.25) is 0 Å². The first-order chi connectivity index (χ1) is 14.5. The van der Waals surface area contributed by atoms with Crippen molar-refractivity contribution in [2.24, 2.45) is 5.92 Å². The summed E-state index contributed by atoms with van der Waals surface area (Å²) in [6.07, 6.45) is 3.51. The number of piperidine rings is 1. The monoisotopic (exact) mass is 415 g/mol.